The Labute approximate surface area is 235 Å². The molecule has 0 spiro atoms. The van der Waals surface area contributed by atoms with Crippen molar-refractivity contribution in [2.24, 2.45) is 0 Å². The number of methoxy groups -OCH3 is 1. The van der Waals surface area contributed by atoms with Crippen LogP contribution in [0.1, 0.15) is 32.8 Å². The quantitative estimate of drug-likeness (QED) is 0.293. The van der Waals surface area contributed by atoms with E-state index in [4.69, 9.17) is 14.2 Å². The fourth-order valence-corrected chi connectivity index (χ4v) is 5.06. The molecule has 0 aliphatic carbocycles. The monoisotopic (exact) mass is 571 g/mol. The number of piperazine rings is 1. The van der Waals surface area contributed by atoms with Gasteiger partial charge in [0.25, 0.3) is 15.9 Å². The second kappa shape index (κ2) is 12.7. The first-order valence-corrected chi connectivity index (χ1v) is 14.7. The van der Waals surface area contributed by atoms with Crippen LogP contribution in [0, 0.1) is 0 Å². The van der Waals surface area contributed by atoms with Crippen LogP contribution in [0.25, 0.3) is 0 Å². The molecule has 40 heavy (non-hydrogen) atoms. The first-order chi connectivity index (χ1) is 19.1. The SMILES string of the molecule is COc1ccccc1Oc1c(NS(=O)(=O)c2ccc(C(C)(C)C)cc2)nc(N2CCNCC2)nc1OCCCO. The zero-order valence-corrected chi connectivity index (χ0v) is 24.1. The largest absolute Gasteiger partial charge is 0.493 e. The molecule has 0 amide bonds. The summed E-state index contributed by atoms with van der Waals surface area (Å²) >= 11 is 0. The van der Waals surface area contributed by atoms with E-state index in [2.05, 4.69) is 40.8 Å². The van der Waals surface area contributed by atoms with Crippen molar-refractivity contribution in [3.63, 3.8) is 0 Å². The average molecular weight is 572 g/mol. The minimum atomic E-state index is -4.07. The number of ether oxygens (including phenoxy) is 3. The first kappa shape index (κ1) is 29.4. The van der Waals surface area contributed by atoms with Crippen molar-refractivity contribution in [1.29, 1.82) is 0 Å². The van der Waals surface area contributed by atoms with Gasteiger partial charge in [-0.2, -0.15) is 9.97 Å². The number of sulfonamides is 1. The molecule has 2 aromatic carbocycles. The number of benzene rings is 2. The van der Waals surface area contributed by atoms with Crippen molar-refractivity contribution in [2.45, 2.75) is 37.5 Å². The lowest BCUT2D eigenvalue weighted by atomic mass is 9.87. The van der Waals surface area contributed by atoms with Crippen LogP contribution in [0.3, 0.4) is 0 Å². The number of nitrogens with one attached hydrogen (secondary N) is 2. The van der Waals surface area contributed by atoms with Crippen LogP contribution in [-0.4, -0.2) is 70.0 Å². The fourth-order valence-electron chi connectivity index (χ4n) is 4.05. The second-order valence-electron chi connectivity index (χ2n) is 10.3. The van der Waals surface area contributed by atoms with E-state index in [-0.39, 0.29) is 41.0 Å². The highest BCUT2D eigenvalue weighted by atomic mass is 32.2. The van der Waals surface area contributed by atoms with Crippen molar-refractivity contribution in [3.05, 3.63) is 54.1 Å². The van der Waals surface area contributed by atoms with Gasteiger partial charge in [0.15, 0.2) is 17.3 Å². The van der Waals surface area contributed by atoms with Gasteiger partial charge in [-0.1, -0.05) is 45.0 Å². The van der Waals surface area contributed by atoms with Gasteiger partial charge in [0, 0.05) is 39.2 Å². The second-order valence-corrected chi connectivity index (χ2v) is 12.0. The van der Waals surface area contributed by atoms with Crippen LogP contribution in [0.4, 0.5) is 11.8 Å². The number of hydrogen-bond acceptors (Lipinski definition) is 10. The first-order valence-electron chi connectivity index (χ1n) is 13.2. The highest BCUT2D eigenvalue weighted by molar-refractivity contribution is 7.92. The minimum Gasteiger partial charge on any atom is -0.493 e. The molecule has 1 aromatic heterocycles. The molecule has 0 bridgehead atoms. The molecule has 0 radical (unpaired) electrons. The Kier molecular flexibility index (Phi) is 9.33. The Balaban J connectivity index is 1.81. The lowest BCUT2D eigenvalue weighted by Gasteiger charge is -2.28. The molecule has 2 heterocycles. The summed E-state index contributed by atoms with van der Waals surface area (Å²) in [5.74, 6) is 1.01. The van der Waals surface area contributed by atoms with E-state index >= 15 is 0 Å². The van der Waals surface area contributed by atoms with Gasteiger partial charge in [0.1, 0.15) is 0 Å². The third-order valence-electron chi connectivity index (χ3n) is 6.31. The molecule has 4 rings (SSSR count). The van der Waals surface area contributed by atoms with E-state index in [0.717, 1.165) is 18.7 Å². The molecule has 11 nitrogen and oxygen atoms in total. The summed E-state index contributed by atoms with van der Waals surface area (Å²) in [4.78, 5) is 11.2. The Morgan fingerprint density at radius 1 is 1.02 bits per heavy atom. The molecule has 1 aliphatic heterocycles. The Morgan fingerprint density at radius 2 is 1.70 bits per heavy atom. The summed E-state index contributed by atoms with van der Waals surface area (Å²) in [6.45, 7) is 8.95. The summed E-state index contributed by atoms with van der Waals surface area (Å²) in [5.41, 5.74) is 0.881. The van der Waals surface area contributed by atoms with Crippen LogP contribution < -0.4 is 29.1 Å². The van der Waals surface area contributed by atoms with Gasteiger partial charge >= 0.3 is 0 Å². The minimum absolute atomic E-state index is 0.0174. The number of aliphatic hydroxyl groups excluding tert-OH is 1. The van der Waals surface area contributed by atoms with Gasteiger partial charge < -0.3 is 29.5 Å². The standard InChI is InChI=1S/C28H37N5O6S/c1-28(2,3)20-10-12-21(13-11-20)40(35,36)32-25-24(39-23-9-6-5-8-22(23)37-4)26(38-19-7-18-34)31-27(30-25)33-16-14-29-15-17-33/h5-6,8-13,29,34H,7,14-19H2,1-4H3,(H,30,31,32). The van der Waals surface area contributed by atoms with Crippen molar-refractivity contribution >= 4 is 21.8 Å². The van der Waals surface area contributed by atoms with Crippen LogP contribution in [0.2, 0.25) is 0 Å². The van der Waals surface area contributed by atoms with E-state index in [9.17, 15) is 13.5 Å². The summed E-state index contributed by atoms with van der Waals surface area (Å²) in [5, 5.41) is 12.6. The lowest BCUT2D eigenvalue weighted by Crippen LogP contribution is -2.44. The van der Waals surface area contributed by atoms with Crippen molar-refractivity contribution < 1.29 is 27.7 Å². The molecular formula is C28H37N5O6S. The molecular weight excluding hydrogens is 534 g/mol. The molecule has 3 N–H and O–H groups in total. The highest BCUT2D eigenvalue weighted by Crippen LogP contribution is 2.41. The predicted molar refractivity (Wildman–Crippen MR) is 153 cm³/mol. The van der Waals surface area contributed by atoms with E-state index in [1.807, 2.05) is 4.90 Å². The number of rotatable bonds is 11. The van der Waals surface area contributed by atoms with Crippen LogP contribution in [-0.2, 0) is 15.4 Å². The molecule has 0 saturated carbocycles. The van der Waals surface area contributed by atoms with Crippen LogP contribution in [0.15, 0.2) is 53.4 Å². The van der Waals surface area contributed by atoms with E-state index in [1.54, 1.807) is 48.5 Å². The zero-order valence-electron chi connectivity index (χ0n) is 23.3. The number of anilines is 2. The van der Waals surface area contributed by atoms with Gasteiger partial charge in [0.05, 0.1) is 18.6 Å². The highest BCUT2D eigenvalue weighted by Gasteiger charge is 2.27. The average Bonchev–Trinajstić information content (AvgIpc) is 2.94. The van der Waals surface area contributed by atoms with Gasteiger partial charge in [-0.3, -0.25) is 4.72 Å². The zero-order chi connectivity index (χ0) is 28.8. The molecule has 1 fully saturated rings. The maximum atomic E-state index is 13.6. The topological polar surface area (TPSA) is 135 Å². The number of aromatic nitrogens is 2. The normalized spacial score (nSPS) is 14.1. The van der Waals surface area contributed by atoms with E-state index in [1.165, 1.54) is 7.11 Å². The molecule has 1 saturated heterocycles. The lowest BCUT2D eigenvalue weighted by molar-refractivity contribution is 0.224. The van der Waals surface area contributed by atoms with Crippen molar-refractivity contribution in [2.75, 3.05) is 56.1 Å². The molecule has 0 unspecified atom stereocenters. The number of hydrogen-bond donors (Lipinski definition) is 3. The van der Waals surface area contributed by atoms with E-state index in [0.29, 0.717) is 37.0 Å². The van der Waals surface area contributed by atoms with Crippen molar-refractivity contribution in [3.8, 4) is 23.1 Å². The number of para-hydroxylation sites is 2. The molecule has 1 aliphatic rings. The van der Waals surface area contributed by atoms with E-state index < -0.39 is 10.0 Å². The fraction of sp³-hybridized carbons (Fsp3) is 0.429. The van der Waals surface area contributed by atoms with Gasteiger partial charge in [-0.05, 0) is 35.2 Å². The predicted octanol–water partition coefficient (Wildman–Crippen LogP) is 3.55. The Hall–Kier alpha value is -3.61. The Bertz CT molecular complexity index is 1390. The van der Waals surface area contributed by atoms with Gasteiger partial charge in [0.2, 0.25) is 11.7 Å². The molecule has 0 atom stereocenters. The number of nitrogens with zero attached hydrogens (tertiary/aromatic N) is 3. The summed E-state index contributed by atoms with van der Waals surface area (Å²) in [7, 11) is -2.56. The number of aliphatic hydroxyl groups is 1. The third-order valence-corrected chi connectivity index (χ3v) is 7.66. The summed E-state index contributed by atoms with van der Waals surface area (Å²) in [6, 6.07) is 13.7. The van der Waals surface area contributed by atoms with Gasteiger partial charge in [-0.15, -0.1) is 0 Å². The van der Waals surface area contributed by atoms with Crippen LogP contribution in [0.5, 0.6) is 23.1 Å². The van der Waals surface area contributed by atoms with Gasteiger partial charge in [-0.25, -0.2) is 8.42 Å². The third kappa shape index (κ3) is 7.12. The summed E-state index contributed by atoms with van der Waals surface area (Å²) in [6.07, 6.45) is 0.349. The molecule has 3 aromatic rings. The smallest absolute Gasteiger partial charge is 0.265 e. The molecule has 216 valence electrons. The maximum absolute atomic E-state index is 13.6. The Morgan fingerprint density at radius 3 is 2.33 bits per heavy atom. The summed E-state index contributed by atoms with van der Waals surface area (Å²) < 4.78 is 47.3. The van der Waals surface area contributed by atoms with Crippen LogP contribution >= 0.6 is 0 Å². The van der Waals surface area contributed by atoms with Crippen molar-refractivity contribution in [1.82, 2.24) is 15.3 Å². The maximum Gasteiger partial charge on any atom is 0.265 e. The molecule has 12 heteroatoms.